The molecule has 4 nitrogen and oxygen atoms in total. The Kier molecular flexibility index (Phi) is 4.44. The summed E-state index contributed by atoms with van der Waals surface area (Å²) in [5, 5.41) is 3.37. The van der Waals surface area contributed by atoms with E-state index in [1.54, 1.807) is 6.20 Å². The van der Waals surface area contributed by atoms with Crippen molar-refractivity contribution in [3.05, 3.63) is 11.1 Å². The minimum absolute atomic E-state index is 0.129. The summed E-state index contributed by atoms with van der Waals surface area (Å²) in [4.78, 5) is 17.0. The van der Waals surface area contributed by atoms with Crippen molar-refractivity contribution < 1.29 is 4.79 Å². The van der Waals surface area contributed by atoms with Crippen LogP contribution in [0.25, 0.3) is 0 Å². The van der Waals surface area contributed by atoms with Gasteiger partial charge in [0.2, 0.25) is 5.91 Å². The third kappa shape index (κ3) is 3.28. The lowest BCUT2D eigenvalue weighted by Gasteiger charge is -2.13. The Morgan fingerprint density at radius 1 is 1.44 bits per heavy atom. The molecule has 0 aliphatic rings. The molecule has 0 radical (unpaired) electrons. The minimum atomic E-state index is -0.480. The van der Waals surface area contributed by atoms with Crippen molar-refractivity contribution in [2.45, 2.75) is 39.7 Å². The number of hydrogen-bond donors (Lipinski definition) is 2. The molecule has 0 aromatic carbocycles. The Bertz CT molecular complexity index is 360. The first-order valence-electron chi connectivity index (χ1n) is 5.44. The lowest BCUT2D eigenvalue weighted by atomic mass is 10.1. The molecule has 1 atom stereocenters. The number of amides is 1. The first-order valence-corrected chi connectivity index (χ1v) is 6.25. The summed E-state index contributed by atoms with van der Waals surface area (Å²) in [6.07, 6.45) is 1.80. The number of nitrogens with one attached hydrogen (secondary N) is 1. The van der Waals surface area contributed by atoms with E-state index in [4.69, 9.17) is 5.73 Å². The maximum atomic E-state index is 11.7. The Morgan fingerprint density at radius 3 is 2.50 bits per heavy atom. The zero-order valence-corrected chi connectivity index (χ0v) is 11.0. The molecule has 0 aliphatic heterocycles. The Hall–Kier alpha value is -0.940. The van der Waals surface area contributed by atoms with Gasteiger partial charge in [0, 0.05) is 11.1 Å². The topological polar surface area (TPSA) is 68.0 Å². The van der Waals surface area contributed by atoms with E-state index in [2.05, 4.69) is 24.1 Å². The molecule has 1 rings (SSSR count). The number of aromatic nitrogens is 1. The second-order valence-corrected chi connectivity index (χ2v) is 5.54. The van der Waals surface area contributed by atoms with Crippen molar-refractivity contribution in [1.29, 1.82) is 0 Å². The van der Waals surface area contributed by atoms with Crippen molar-refractivity contribution >= 4 is 22.4 Å². The highest BCUT2D eigenvalue weighted by Gasteiger charge is 2.18. The molecule has 0 saturated carbocycles. The maximum absolute atomic E-state index is 11.7. The summed E-state index contributed by atoms with van der Waals surface area (Å²) in [6.45, 7) is 8.04. The number of carbonyl (C=O) groups excluding carboxylic acids is 1. The molecular formula is C11H19N3OS. The van der Waals surface area contributed by atoms with E-state index < -0.39 is 6.04 Å². The zero-order chi connectivity index (χ0) is 12.3. The maximum Gasteiger partial charge on any atom is 0.243 e. The Morgan fingerprint density at radius 2 is 2.06 bits per heavy atom. The van der Waals surface area contributed by atoms with Crippen LogP contribution in [0.4, 0.5) is 5.13 Å². The Balaban J connectivity index is 2.63. The van der Waals surface area contributed by atoms with Crippen LogP contribution in [0.3, 0.4) is 0 Å². The van der Waals surface area contributed by atoms with E-state index in [1.165, 1.54) is 11.3 Å². The van der Waals surface area contributed by atoms with Crippen LogP contribution in [0, 0.1) is 5.92 Å². The molecule has 1 amide bonds. The molecule has 1 aromatic rings. The van der Waals surface area contributed by atoms with E-state index in [9.17, 15) is 4.79 Å². The number of nitrogens with two attached hydrogens (primary N) is 1. The van der Waals surface area contributed by atoms with Gasteiger partial charge in [-0.1, -0.05) is 27.7 Å². The highest BCUT2D eigenvalue weighted by atomic mass is 32.1. The van der Waals surface area contributed by atoms with Gasteiger partial charge < -0.3 is 11.1 Å². The molecule has 1 aromatic heterocycles. The standard InChI is InChI=1S/C11H19N3OS/c1-6(2)8-5-13-11(16-8)14-10(15)9(12)7(3)4/h5-7,9H,12H2,1-4H3,(H,13,14,15)/t9-/m0/s1. The quantitative estimate of drug-likeness (QED) is 0.849. The van der Waals surface area contributed by atoms with Gasteiger partial charge in [0.15, 0.2) is 5.13 Å². The van der Waals surface area contributed by atoms with Gasteiger partial charge in [0.25, 0.3) is 0 Å². The van der Waals surface area contributed by atoms with Crippen LogP contribution in [0.2, 0.25) is 0 Å². The predicted molar refractivity (Wildman–Crippen MR) is 67.6 cm³/mol. The molecule has 0 unspecified atom stereocenters. The molecule has 90 valence electrons. The summed E-state index contributed by atoms with van der Waals surface area (Å²) < 4.78 is 0. The molecular weight excluding hydrogens is 222 g/mol. The van der Waals surface area contributed by atoms with Gasteiger partial charge in [-0.15, -0.1) is 11.3 Å². The van der Waals surface area contributed by atoms with Crippen LogP contribution >= 0.6 is 11.3 Å². The molecule has 1 heterocycles. The Labute approximate surface area is 100 Å². The third-order valence-corrected chi connectivity index (χ3v) is 3.56. The molecule has 16 heavy (non-hydrogen) atoms. The number of carbonyl (C=O) groups is 1. The first-order chi connectivity index (χ1) is 7.41. The van der Waals surface area contributed by atoms with Crippen molar-refractivity contribution in [2.75, 3.05) is 5.32 Å². The fourth-order valence-electron chi connectivity index (χ4n) is 1.10. The van der Waals surface area contributed by atoms with E-state index >= 15 is 0 Å². The molecule has 0 saturated heterocycles. The fourth-order valence-corrected chi connectivity index (χ4v) is 1.92. The highest BCUT2D eigenvalue weighted by molar-refractivity contribution is 7.15. The van der Waals surface area contributed by atoms with E-state index in [1.807, 2.05) is 13.8 Å². The van der Waals surface area contributed by atoms with Crippen molar-refractivity contribution in [3.8, 4) is 0 Å². The van der Waals surface area contributed by atoms with Gasteiger partial charge >= 0.3 is 0 Å². The number of hydrogen-bond acceptors (Lipinski definition) is 4. The van der Waals surface area contributed by atoms with Crippen molar-refractivity contribution in [2.24, 2.45) is 11.7 Å². The van der Waals surface area contributed by atoms with Crippen LogP contribution in [0.5, 0.6) is 0 Å². The molecule has 3 N–H and O–H groups in total. The fraction of sp³-hybridized carbons (Fsp3) is 0.636. The van der Waals surface area contributed by atoms with Crippen molar-refractivity contribution in [3.63, 3.8) is 0 Å². The van der Waals surface area contributed by atoms with Crippen LogP contribution < -0.4 is 11.1 Å². The molecule has 0 bridgehead atoms. The lowest BCUT2D eigenvalue weighted by Crippen LogP contribution is -2.39. The third-order valence-electron chi connectivity index (χ3n) is 2.34. The van der Waals surface area contributed by atoms with Gasteiger partial charge in [-0.25, -0.2) is 4.98 Å². The van der Waals surface area contributed by atoms with E-state index in [0.29, 0.717) is 11.0 Å². The molecule has 0 spiro atoms. The summed E-state index contributed by atoms with van der Waals surface area (Å²) in [5.74, 6) is 0.395. The van der Waals surface area contributed by atoms with Crippen LogP contribution in [0.1, 0.15) is 38.5 Å². The number of anilines is 1. The largest absolute Gasteiger partial charge is 0.320 e. The summed E-state index contributed by atoms with van der Waals surface area (Å²) >= 11 is 1.50. The lowest BCUT2D eigenvalue weighted by molar-refractivity contribution is -0.118. The van der Waals surface area contributed by atoms with E-state index in [0.717, 1.165) is 4.88 Å². The van der Waals surface area contributed by atoms with Gasteiger partial charge in [0.05, 0.1) is 6.04 Å². The first kappa shape index (κ1) is 13.1. The summed E-state index contributed by atoms with van der Waals surface area (Å²) in [5.41, 5.74) is 5.74. The summed E-state index contributed by atoms with van der Waals surface area (Å²) in [7, 11) is 0. The van der Waals surface area contributed by atoms with Crippen molar-refractivity contribution in [1.82, 2.24) is 4.98 Å². The monoisotopic (exact) mass is 241 g/mol. The minimum Gasteiger partial charge on any atom is -0.320 e. The van der Waals surface area contributed by atoms with E-state index in [-0.39, 0.29) is 11.8 Å². The summed E-state index contributed by atoms with van der Waals surface area (Å²) in [6, 6.07) is -0.480. The van der Waals surface area contributed by atoms with Crippen LogP contribution in [-0.4, -0.2) is 16.9 Å². The second kappa shape index (κ2) is 5.41. The highest BCUT2D eigenvalue weighted by Crippen LogP contribution is 2.25. The van der Waals surface area contributed by atoms with Crippen LogP contribution in [-0.2, 0) is 4.79 Å². The van der Waals surface area contributed by atoms with Gasteiger partial charge in [0.1, 0.15) is 0 Å². The number of rotatable bonds is 4. The molecule has 5 heteroatoms. The average Bonchev–Trinajstić information content (AvgIpc) is 2.64. The van der Waals surface area contributed by atoms with Gasteiger partial charge in [-0.2, -0.15) is 0 Å². The second-order valence-electron chi connectivity index (χ2n) is 4.48. The number of thiazole rings is 1. The van der Waals surface area contributed by atoms with Crippen LogP contribution in [0.15, 0.2) is 6.20 Å². The zero-order valence-electron chi connectivity index (χ0n) is 10.2. The van der Waals surface area contributed by atoms with Gasteiger partial charge in [-0.3, -0.25) is 4.79 Å². The smallest absolute Gasteiger partial charge is 0.243 e. The molecule has 0 fully saturated rings. The predicted octanol–water partition coefficient (Wildman–Crippen LogP) is 2.19. The number of nitrogens with zero attached hydrogens (tertiary/aromatic N) is 1. The van der Waals surface area contributed by atoms with Gasteiger partial charge in [-0.05, 0) is 11.8 Å². The SMILES string of the molecule is CC(C)c1cnc(NC(=O)[C@@H](N)C(C)C)s1. The molecule has 0 aliphatic carbocycles. The average molecular weight is 241 g/mol. The normalized spacial score (nSPS) is 13.2.